The second-order valence-electron chi connectivity index (χ2n) is 6.29. The van der Waals surface area contributed by atoms with Crippen molar-refractivity contribution in [3.8, 4) is 0 Å². The van der Waals surface area contributed by atoms with Crippen molar-refractivity contribution in [1.29, 1.82) is 0 Å². The number of piperidine rings is 1. The predicted octanol–water partition coefficient (Wildman–Crippen LogP) is 2.49. The maximum absolute atomic E-state index is 10.2. The van der Waals surface area contributed by atoms with Gasteiger partial charge in [0.05, 0.1) is 6.10 Å². The summed E-state index contributed by atoms with van der Waals surface area (Å²) in [5.41, 5.74) is 2.41. The highest BCUT2D eigenvalue weighted by atomic mass is 16.3. The first-order chi connectivity index (χ1) is 8.91. The van der Waals surface area contributed by atoms with Crippen LogP contribution in [-0.4, -0.2) is 42.3 Å². The molecule has 1 aromatic rings. The molecular weight excluding hydrogens is 236 g/mol. The van der Waals surface area contributed by atoms with E-state index >= 15 is 0 Å². The number of hydrogen-bond acceptors (Lipinski definition) is 3. The van der Waals surface area contributed by atoms with Crippen LogP contribution < -0.4 is 4.90 Å². The fourth-order valence-corrected chi connectivity index (χ4v) is 2.73. The number of rotatable bonds is 3. The number of nitrogens with zero attached hydrogens (tertiary/aromatic N) is 2. The molecule has 1 saturated heterocycles. The Kier molecular flexibility index (Phi) is 4.16. The monoisotopic (exact) mass is 262 g/mol. The first-order valence-electron chi connectivity index (χ1n) is 7.10. The summed E-state index contributed by atoms with van der Waals surface area (Å²) in [5.74, 6) is 0. The molecule has 0 radical (unpaired) electrons. The molecule has 0 spiro atoms. The summed E-state index contributed by atoms with van der Waals surface area (Å²) in [6, 6.07) is 8.68. The highest BCUT2D eigenvalue weighted by Crippen LogP contribution is 2.29. The number of aliphatic hydroxyl groups excluding tert-OH is 1. The van der Waals surface area contributed by atoms with Crippen LogP contribution in [0.4, 0.5) is 5.69 Å². The summed E-state index contributed by atoms with van der Waals surface area (Å²) in [4.78, 5) is 4.50. The first-order valence-corrected chi connectivity index (χ1v) is 7.10. The van der Waals surface area contributed by atoms with E-state index in [1.807, 2.05) is 0 Å². The topological polar surface area (TPSA) is 26.7 Å². The number of likely N-dealkylation sites (tertiary alicyclic amines) is 1. The summed E-state index contributed by atoms with van der Waals surface area (Å²) in [6.07, 6.45) is 1.78. The lowest BCUT2D eigenvalue weighted by molar-refractivity contribution is -0.0480. The lowest BCUT2D eigenvalue weighted by Crippen LogP contribution is -2.55. The Bertz CT molecular complexity index is 411. The van der Waals surface area contributed by atoms with Crippen LogP contribution in [0.3, 0.4) is 0 Å². The van der Waals surface area contributed by atoms with Crippen molar-refractivity contribution < 1.29 is 5.11 Å². The Balaban J connectivity index is 2.08. The maximum atomic E-state index is 10.2. The zero-order valence-corrected chi connectivity index (χ0v) is 12.6. The molecular formula is C16H26N2O. The quantitative estimate of drug-likeness (QED) is 0.906. The summed E-state index contributed by atoms with van der Waals surface area (Å²) in [6.45, 7) is 6.27. The van der Waals surface area contributed by atoms with Gasteiger partial charge in [-0.1, -0.05) is 12.1 Å². The van der Waals surface area contributed by atoms with Crippen LogP contribution in [-0.2, 0) is 6.54 Å². The van der Waals surface area contributed by atoms with Crippen molar-refractivity contribution in [3.63, 3.8) is 0 Å². The smallest absolute Gasteiger partial charge is 0.0719 e. The van der Waals surface area contributed by atoms with Gasteiger partial charge in [0, 0.05) is 31.9 Å². The van der Waals surface area contributed by atoms with E-state index in [2.05, 4.69) is 62.0 Å². The summed E-state index contributed by atoms with van der Waals surface area (Å²) < 4.78 is 0. The summed E-state index contributed by atoms with van der Waals surface area (Å²) in [5, 5.41) is 10.2. The van der Waals surface area contributed by atoms with Gasteiger partial charge in [-0.25, -0.2) is 0 Å². The van der Waals surface area contributed by atoms with Gasteiger partial charge in [0.25, 0.3) is 0 Å². The summed E-state index contributed by atoms with van der Waals surface area (Å²) in [7, 11) is 4.11. The fourth-order valence-electron chi connectivity index (χ4n) is 2.73. The Morgan fingerprint density at radius 1 is 1.26 bits per heavy atom. The molecule has 0 aromatic heterocycles. The Hall–Kier alpha value is -1.06. The van der Waals surface area contributed by atoms with E-state index in [0.717, 1.165) is 25.9 Å². The number of hydrogen-bond donors (Lipinski definition) is 1. The summed E-state index contributed by atoms with van der Waals surface area (Å²) >= 11 is 0. The van der Waals surface area contributed by atoms with E-state index in [0.29, 0.717) is 0 Å². The molecule has 1 N–H and O–H groups in total. The minimum Gasteiger partial charge on any atom is -0.391 e. The lowest BCUT2D eigenvalue weighted by atomic mass is 9.87. The van der Waals surface area contributed by atoms with Crippen molar-refractivity contribution in [2.45, 2.75) is 44.9 Å². The minimum atomic E-state index is -0.220. The van der Waals surface area contributed by atoms with Gasteiger partial charge < -0.3 is 10.0 Å². The molecule has 19 heavy (non-hydrogen) atoms. The third-order valence-corrected chi connectivity index (χ3v) is 4.36. The molecule has 3 nitrogen and oxygen atoms in total. The van der Waals surface area contributed by atoms with Gasteiger partial charge in [-0.05, 0) is 50.9 Å². The van der Waals surface area contributed by atoms with Crippen molar-refractivity contribution in [1.82, 2.24) is 4.90 Å². The van der Waals surface area contributed by atoms with Gasteiger partial charge in [0.1, 0.15) is 0 Å². The van der Waals surface area contributed by atoms with E-state index in [1.165, 1.54) is 11.3 Å². The molecule has 1 aliphatic heterocycles. The van der Waals surface area contributed by atoms with Gasteiger partial charge in [-0.3, -0.25) is 4.90 Å². The average Bonchev–Trinajstić information content (AvgIpc) is 2.36. The average molecular weight is 262 g/mol. The number of benzene rings is 1. The van der Waals surface area contributed by atoms with Crippen LogP contribution in [0, 0.1) is 0 Å². The molecule has 0 aliphatic carbocycles. The highest BCUT2D eigenvalue weighted by Gasteiger charge is 2.37. The zero-order valence-electron chi connectivity index (χ0n) is 12.6. The van der Waals surface area contributed by atoms with E-state index in [9.17, 15) is 5.11 Å². The number of anilines is 1. The van der Waals surface area contributed by atoms with Crippen LogP contribution >= 0.6 is 0 Å². The molecule has 1 unspecified atom stereocenters. The molecule has 1 heterocycles. The van der Waals surface area contributed by atoms with Gasteiger partial charge in [-0.15, -0.1) is 0 Å². The Labute approximate surface area is 116 Å². The van der Waals surface area contributed by atoms with Crippen LogP contribution in [0.2, 0.25) is 0 Å². The van der Waals surface area contributed by atoms with Crippen LogP contribution in [0.5, 0.6) is 0 Å². The standard InChI is InChI=1S/C16H26N2O/c1-16(2)15(19)6-5-11-18(16)12-13-7-9-14(10-8-13)17(3)4/h7-10,15,19H,5-6,11-12H2,1-4H3. The van der Waals surface area contributed by atoms with Crippen molar-refractivity contribution in [2.24, 2.45) is 0 Å². The van der Waals surface area contributed by atoms with Gasteiger partial charge >= 0.3 is 0 Å². The lowest BCUT2D eigenvalue weighted by Gasteiger charge is -2.46. The zero-order chi connectivity index (χ0) is 14.0. The molecule has 1 aliphatic rings. The van der Waals surface area contributed by atoms with Crippen LogP contribution in [0.1, 0.15) is 32.3 Å². The normalized spacial score (nSPS) is 23.3. The van der Waals surface area contributed by atoms with E-state index < -0.39 is 0 Å². The highest BCUT2D eigenvalue weighted by molar-refractivity contribution is 5.46. The van der Waals surface area contributed by atoms with Crippen molar-refractivity contribution in [2.75, 3.05) is 25.5 Å². The van der Waals surface area contributed by atoms with E-state index in [-0.39, 0.29) is 11.6 Å². The van der Waals surface area contributed by atoms with E-state index in [4.69, 9.17) is 0 Å². The minimum absolute atomic E-state index is 0.127. The van der Waals surface area contributed by atoms with Crippen molar-refractivity contribution >= 4 is 5.69 Å². The molecule has 0 amide bonds. The van der Waals surface area contributed by atoms with E-state index in [1.54, 1.807) is 0 Å². The molecule has 0 saturated carbocycles. The third-order valence-electron chi connectivity index (χ3n) is 4.36. The molecule has 1 fully saturated rings. The first kappa shape index (κ1) is 14.4. The molecule has 3 heteroatoms. The Morgan fingerprint density at radius 3 is 2.47 bits per heavy atom. The van der Waals surface area contributed by atoms with Crippen LogP contribution in [0.15, 0.2) is 24.3 Å². The molecule has 1 atom stereocenters. The maximum Gasteiger partial charge on any atom is 0.0719 e. The largest absolute Gasteiger partial charge is 0.391 e. The molecule has 2 rings (SSSR count). The molecule has 0 bridgehead atoms. The molecule has 106 valence electrons. The fraction of sp³-hybridized carbons (Fsp3) is 0.625. The van der Waals surface area contributed by atoms with Crippen molar-refractivity contribution in [3.05, 3.63) is 29.8 Å². The van der Waals surface area contributed by atoms with Gasteiger partial charge in [-0.2, -0.15) is 0 Å². The van der Waals surface area contributed by atoms with Gasteiger partial charge in [0.2, 0.25) is 0 Å². The number of aliphatic hydroxyl groups is 1. The second-order valence-corrected chi connectivity index (χ2v) is 6.29. The van der Waals surface area contributed by atoms with Crippen LogP contribution in [0.25, 0.3) is 0 Å². The van der Waals surface area contributed by atoms with Gasteiger partial charge in [0.15, 0.2) is 0 Å². The predicted molar refractivity (Wildman–Crippen MR) is 80.5 cm³/mol. The second kappa shape index (κ2) is 5.51. The molecule has 1 aromatic carbocycles. The SMILES string of the molecule is CN(C)c1ccc(CN2CCCC(O)C2(C)C)cc1. The Morgan fingerprint density at radius 2 is 1.89 bits per heavy atom. The third kappa shape index (κ3) is 3.10.